The van der Waals surface area contributed by atoms with E-state index in [1.54, 1.807) is 0 Å². The van der Waals surface area contributed by atoms with Gasteiger partial charge in [-0.25, -0.2) is 0 Å². The Balaban J connectivity index is 2.33. The average molecular weight is 380 g/mol. The SMILES string of the molecule is CCO[Si](OCC)(c1ccccc1)c1cccc2cccc(CN(C)C)c12. The second kappa shape index (κ2) is 8.80. The maximum atomic E-state index is 6.51. The molecule has 0 saturated carbocycles. The highest BCUT2D eigenvalue weighted by Gasteiger charge is 2.43. The van der Waals surface area contributed by atoms with Gasteiger partial charge in [0.15, 0.2) is 0 Å². The quantitative estimate of drug-likeness (QED) is 0.559. The molecule has 0 aromatic heterocycles. The lowest BCUT2D eigenvalue weighted by Gasteiger charge is -2.32. The lowest BCUT2D eigenvalue weighted by Crippen LogP contribution is -2.63. The van der Waals surface area contributed by atoms with Crippen LogP contribution in [0.4, 0.5) is 0 Å². The zero-order valence-electron chi connectivity index (χ0n) is 16.7. The molecule has 0 fully saturated rings. The monoisotopic (exact) mass is 379 g/mol. The van der Waals surface area contributed by atoms with Gasteiger partial charge >= 0.3 is 8.56 Å². The summed E-state index contributed by atoms with van der Waals surface area (Å²) in [4.78, 5) is 2.21. The fourth-order valence-corrected chi connectivity index (χ4v) is 7.18. The molecule has 0 radical (unpaired) electrons. The summed E-state index contributed by atoms with van der Waals surface area (Å²) in [7, 11) is 1.40. The van der Waals surface area contributed by atoms with Crippen LogP contribution in [-0.4, -0.2) is 40.8 Å². The molecule has 0 bridgehead atoms. The first-order chi connectivity index (χ1) is 13.1. The number of hydrogen-bond acceptors (Lipinski definition) is 3. The van der Waals surface area contributed by atoms with Gasteiger partial charge in [0.2, 0.25) is 0 Å². The van der Waals surface area contributed by atoms with Crippen molar-refractivity contribution in [2.24, 2.45) is 0 Å². The van der Waals surface area contributed by atoms with Crippen molar-refractivity contribution in [1.29, 1.82) is 0 Å². The Morgan fingerprint density at radius 1 is 0.778 bits per heavy atom. The highest BCUT2D eigenvalue weighted by Crippen LogP contribution is 2.22. The third-order valence-electron chi connectivity index (χ3n) is 4.68. The minimum absolute atomic E-state index is 0.618. The smallest absolute Gasteiger partial charge is 0.388 e. The van der Waals surface area contributed by atoms with Crippen molar-refractivity contribution >= 4 is 29.7 Å². The van der Waals surface area contributed by atoms with Crippen LogP contribution in [0.3, 0.4) is 0 Å². The van der Waals surface area contributed by atoms with E-state index in [2.05, 4.69) is 93.5 Å². The first-order valence-corrected chi connectivity index (χ1v) is 11.4. The molecule has 0 atom stereocenters. The number of rotatable bonds is 8. The van der Waals surface area contributed by atoms with Crippen LogP contribution in [0.25, 0.3) is 10.8 Å². The Bertz CT molecular complexity index is 869. The molecule has 3 rings (SSSR count). The molecule has 3 aromatic carbocycles. The second-order valence-electron chi connectivity index (χ2n) is 6.91. The zero-order chi connectivity index (χ0) is 19.3. The fourth-order valence-electron chi connectivity index (χ4n) is 3.75. The van der Waals surface area contributed by atoms with Gasteiger partial charge in [-0.1, -0.05) is 66.7 Å². The summed E-state index contributed by atoms with van der Waals surface area (Å²) >= 11 is 0. The van der Waals surface area contributed by atoms with Gasteiger partial charge in [0.25, 0.3) is 0 Å². The van der Waals surface area contributed by atoms with Crippen LogP contribution >= 0.6 is 0 Å². The average Bonchev–Trinajstić information content (AvgIpc) is 2.68. The molecule has 0 unspecified atom stereocenters. The van der Waals surface area contributed by atoms with Crippen molar-refractivity contribution < 1.29 is 8.85 Å². The summed E-state index contributed by atoms with van der Waals surface area (Å²) in [5.74, 6) is 0. The van der Waals surface area contributed by atoms with Crippen molar-refractivity contribution in [2.75, 3.05) is 27.3 Å². The van der Waals surface area contributed by atoms with Gasteiger partial charge in [-0.15, -0.1) is 0 Å². The Morgan fingerprint density at radius 2 is 1.41 bits per heavy atom. The number of fused-ring (bicyclic) bond motifs is 1. The minimum atomic E-state index is -2.81. The van der Waals surface area contributed by atoms with Crippen molar-refractivity contribution in [3.63, 3.8) is 0 Å². The summed E-state index contributed by atoms with van der Waals surface area (Å²) in [6, 6.07) is 23.5. The summed E-state index contributed by atoms with van der Waals surface area (Å²) < 4.78 is 13.0. The highest BCUT2D eigenvalue weighted by atomic mass is 28.4. The van der Waals surface area contributed by atoms with Crippen molar-refractivity contribution in [2.45, 2.75) is 20.4 Å². The van der Waals surface area contributed by atoms with Crippen molar-refractivity contribution in [1.82, 2.24) is 4.90 Å². The topological polar surface area (TPSA) is 21.7 Å². The third-order valence-corrected chi connectivity index (χ3v) is 8.29. The van der Waals surface area contributed by atoms with Crippen molar-refractivity contribution in [3.8, 4) is 0 Å². The molecule has 27 heavy (non-hydrogen) atoms. The molecule has 0 N–H and O–H groups in total. The van der Waals surface area contributed by atoms with Crippen molar-refractivity contribution in [3.05, 3.63) is 72.3 Å². The minimum Gasteiger partial charge on any atom is -0.388 e. The molecule has 142 valence electrons. The molecule has 0 aliphatic carbocycles. The summed E-state index contributed by atoms with van der Waals surface area (Å²) in [6.07, 6.45) is 0. The van der Waals surface area contributed by atoms with E-state index < -0.39 is 8.56 Å². The van der Waals surface area contributed by atoms with Gasteiger partial charge in [0, 0.05) is 24.9 Å². The van der Waals surface area contributed by atoms with E-state index in [0.717, 1.165) is 11.7 Å². The van der Waals surface area contributed by atoms with Crippen LogP contribution in [0.15, 0.2) is 66.7 Å². The molecule has 0 amide bonds. The predicted molar refractivity (Wildman–Crippen MR) is 116 cm³/mol. The molecule has 0 saturated heterocycles. The number of benzene rings is 3. The van der Waals surface area contributed by atoms with E-state index in [4.69, 9.17) is 8.85 Å². The molecular formula is C23H29NO2Si. The molecular weight excluding hydrogens is 350 g/mol. The first-order valence-electron chi connectivity index (χ1n) is 9.61. The maximum Gasteiger partial charge on any atom is 0.407 e. The molecule has 0 heterocycles. The van der Waals surface area contributed by atoms with Crippen LogP contribution in [-0.2, 0) is 15.4 Å². The lowest BCUT2D eigenvalue weighted by atomic mass is 10.0. The Hall–Kier alpha value is -1.98. The summed E-state index contributed by atoms with van der Waals surface area (Å²) in [5, 5.41) is 4.86. The van der Waals surface area contributed by atoms with E-state index in [0.29, 0.717) is 13.2 Å². The normalized spacial score (nSPS) is 12.0. The Kier molecular flexibility index (Phi) is 6.45. The van der Waals surface area contributed by atoms with Crippen LogP contribution < -0.4 is 10.4 Å². The summed E-state index contributed by atoms with van der Waals surface area (Å²) in [5.41, 5.74) is 1.31. The maximum absolute atomic E-state index is 6.51. The lowest BCUT2D eigenvalue weighted by molar-refractivity contribution is 0.209. The number of hydrogen-bond donors (Lipinski definition) is 0. The highest BCUT2D eigenvalue weighted by molar-refractivity contribution is 6.94. The summed E-state index contributed by atoms with van der Waals surface area (Å²) in [6.45, 7) is 6.22. The van der Waals surface area contributed by atoms with Crippen LogP contribution in [0.5, 0.6) is 0 Å². The molecule has 4 heteroatoms. The molecule has 0 aliphatic rings. The third kappa shape index (κ3) is 3.99. The molecule has 3 nitrogen and oxygen atoms in total. The predicted octanol–water partition coefficient (Wildman–Crippen LogP) is 3.53. The molecule has 3 aromatic rings. The van der Waals surface area contributed by atoms with Gasteiger partial charge in [0.1, 0.15) is 0 Å². The van der Waals surface area contributed by atoms with Gasteiger partial charge in [-0.3, -0.25) is 0 Å². The Labute approximate surface area is 163 Å². The largest absolute Gasteiger partial charge is 0.407 e. The van der Waals surface area contributed by atoms with E-state index in [-0.39, 0.29) is 0 Å². The van der Waals surface area contributed by atoms with E-state index in [9.17, 15) is 0 Å². The zero-order valence-corrected chi connectivity index (χ0v) is 17.7. The van der Waals surface area contributed by atoms with Gasteiger partial charge in [-0.2, -0.15) is 0 Å². The fraction of sp³-hybridized carbons (Fsp3) is 0.304. The van der Waals surface area contributed by atoms with Gasteiger partial charge in [-0.05, 0) is 49.5 Å². The molecule has 0 aliphatic heterocycles. The Morgan fingerprint density at radius 3 is 2.00 bits per heavy atom. The van der Waals surface area contributed by atoms with E-state index >= 15 is 0 Å². The first kappa shape index (κ1) is 19.8. The standard InChI is InChI=1S/C23H29NO2Si/c1-5-25-27(26-6-2,21-15-8-7-9-16-21)22-17-11-13-19-12-10-14-20(23(19)22)18-24(3)4/h7-17H,5-6,18H2,1-4H3. The van der Waals surface area contributed by atoms with Gasteiger partial charge in [0.05, 0.1) is 0 Å². The van der Waals surface area contributed by atoms with Crippen LogP contribution in [0.1, 0.15) is 19.4 Å². The number of nitrogens with zero attached hydrogens (tertiary/aromatic N) is 1. The van der Waals surface area contributed by atoms with E-state index in [1.807, 2.05) is 6.07 Å². The van der Waals surface area contributed by atoms with Crippen LogP contribution in [0.2, 0.25) is 0 Å². The van der Waals surface area contributed by atoms with E-state index in [1.165, 1.54) is 21.5 Å². The second-order valence-corrected chi connectivity index (χ2v) is 9.83. The van der Waals surface area contributed by atoms with Crippen LogP contribution in [0, 0.1) is 0 Å². The van der Waals surface area contributed by atoms with Gasteiger partial charge < -0.3 is 13.8 Å². The molecule has 0 spiro atoms.